The Kier molecular flexibility index (Phi) is 5.06. The second-order valence-corrected chi connectivity index (χ2v) is 5.52. The van der Waals surface area contributed by atoms with Crippen molar-refractivity contribution in [2.45, 2.75) is 19.9 Å². The fraction of sp³-hybridized carbons (Fsp3) is 0.250. The van der Waals surface area contributed by atoms with Gasteiger partial charge in [0.2, 0.25) is 0 Å². The second kappa shape index (κ2) is 6.62. The molecule has 0 bridgehead atoms. The van der Waals surface area contributed by atoms with E-state index in [4.69, 9.17) is 0 Å². The standard InChI is InChI=1S/C16H15BrF3N/c1-3-21-16(10-5-4-6-12(19)14(10)17)13-11(18)8-7-9(2)15(13)20/h4-8,16,21H,3H2,1-2H3. The molecule has 0 spiro atoms. The molecule has 0 heterocycles. The van der Waals surface area contributed by atoms with Crippen LogP contribution in [-0.2, 0) is 0 Å². The molecule has 1 atom stereocenters. The molecule has 2 aromatic rings. The summed E-state index contributed by atoms with van der Waals surface area (Å²) >= 11 is 3.16. The van der Waals surface area contributed by atoms with E-state index in [9.17, 15) is 13.2 Å². The summed E-state index contributed by atoms with van der Waals surface area (Å²) in [5, 5.41) is 3.02. The van der Waals surface area contributed by atoms with Gasteiger partial charge in [-0.3, -0.25) is 0 Å². The van der Waals surface area contributed by atoms with E-state index in [-0.39, 0.29) is 10.0 Å². The third kappa shape index (κ3) is 3.14. The van der Waals surface area contributed by atoms with Gasteiger partial charge in [0.05, 0.1) is 10.5 Å². The summed E-state index contributed by atoms with van der Waals surface area (Å²) in [5.41, 5.74) is 0.713. The highest BCUT2D eigenvalue weighted by Crippen LogP contribution is 2.33. The van der Waals surface area contributed by atoms with Gasteiger partial charge >= 0.3 is 0 Å². The molecule has 0 saturated heterocycles. The van der Waals surface area contributed by atoms with Gasteiger partial charge in [-0.2, -0.15) is 0 Å². The van der Waals surface area contributed by atoms with E-state index in [2.05, 4.69) is 21.2 Å². The fourth-order valence-electron chi connectivity index (χ4n) is 2.26. The summed E-state index contributed by atoms with van der Waals surface area (Å²) in [7, 11) is 0. The molecule has 5 heteroatoms. The Morgan fingerprint density at radius 2 is 1.81 bits per heavy atom. The summed E-state index contributed by atoms with van der Waals surface area (Å²) in [6.07, 6.45) is 0. The highest BCUT2D eigenvalue weighted by molar-refractivity contribution is 9.10. The summed E-state index contributed by atoms with van der Waals surface area (Å²) in [6, 6.07) is 6.30. The minimum absolute atomic E-state index is 0.0943. The topological polar surface area (TPSA) is 12.0 Å². The number of halogens is 4. The van der Waals surface area contributed by atoms with Gasteiger partial charge in [0.1, 0.15) is 17.5 Å². The van der Waals surface area contributed by atoms with Crippen LogP contribution in [0.5, 0.6) is 0 Å². The van der Waals surface area contributed by atoms with E-state index >= 15 is 0 Å². The van der Waals surface area contributed by atoms with Crippen molar-refractivity contribution in [2.24, 2.45) is 0 Å². The fourth-order valence-corrected chi connectivity index (χ4v) is 2.75. The number of aryl methyl sites for hydroxylation is 1. The van der Waals surface area contributed by atoms with Crippen molar-refractivity contribution in [3.8, 4) is 0 Å². The lowest BCUT2D eigenvalue weighted by Gasteiger charge is -2.22. The summed E-state index contributed by atoms with van der Waals surface area (Å²) in [4.78, 5) is 0. The molecular formula is C16H15BrF3N. The quantitative estimate of drug-likeness (QED) is 0.822. The van der Waals surface area contributed by atoms with Crippen LogP contribution in [0.15, 0.2) is 34.8 Å². The second-order valence-electron chi connectivity index (χ2n) is 4.73. The number of hydrogen-bond acceptors (Lipinski definition) is 1. The van der Waals surface area contributed by atoms with Gasteiger partial charge in [0.25, 0.3) is 0 Å². The van der Waals surface area contributed by atoms with Gasteiger partial charge in [-0.25, -0.2) is 13.2 Å². The van der Waals surface area contributed by atoms with Crippen molar-refractivity contribution >= 4 is 15.9 Å². The van der Waals surface area contributed by atoms with Crippen molar-refractivity contribution in [1.29, 1.82) is 0 Å². The Hall–Kier alpha value is -1.33. The van der Waals surface area contributed by atoms with Crippen molar-refractivity contribution < 1.29 is 13.2 Å². The molecule has 1 nitrogen and oxygen atoms in total. The number of nitrogens with one attached hydrogen (secondary N) is 1. The van der Waals surface area contributed by atoms with Crippen LogP contribution in [0.4, 0.5) is 13.2 Å². The van der Waals surface area contributed by atoms with Gasteiger partial charge in [-0.05, 0) is 52.7 Å². The lowest BCUT2D eigenvalue weighted by atomic mass is 9.96. The van der Waals surface area contributed by atoms with Gasteiger partial charge in [0.15, 0.2) is 0 Å². The van der Waals surface area contributed by atoms with Crippen LogP contribution in [0.2, 0.25) is 0 Å². The molecule has 0 saturated carbocycles. The van der Waals surface area contributed by atoms with Crippen molar-refractivity contribution in [2.75, 3.05) is 6.54 Å². The zero-order valence-electron chi connectivity index (χ0n) is 11.7. The van der Waals surface area contributed by atoms with Gasteiger partial charge < -0.3 is 5.32 Å². The summed E-state index contributed by atoms with van der Waals surface area (Å²) in [5.74, 6) is -1.74. The van der Waals surface area contributed by atoms with Crippen LogP contribution in [0.25, 0.3) is 0 Å². The Morgan fingerprint density at radius 1 is 1.10 bits per heavy atom. The minimum Gasteiger partial charge on any atom is -0.306 e. The van der Waals surface area contributed by atoms with Crippen LogP contribution in [0, 0.1) is 24.4 Å². The molecule has 112 valence electrons. The Labute approximate surface area is 130 Å². The summed E-state index contributed by atoms with van der Waals surface area (Å²) in [6.45, 7) is 3.88. The first-order chi connectivity index (χ1) is 9.97. The molecule has 21 heavy (non-hydrogen) atoms. The lowest BCUT2D eigenvalue weighted by molar-refractivity contribution is 0.503. The van der Waals surface area contributed by atoms with Gasteiger partial charge in [-0.1, -0.05) is 25.1 Å². The zero-order chi connectivity index (χ0) is 15.6. The molecule has 2 rings (SSSR count). The van der Waals surface area contributed by atoms with E-state index in [0.717, 1.165) is 0 Å². The third-order valence-corrected chi connectivity index (χ3v) is 4.15. The van der Waals surface area contributed by atoms with E-state index in [1.807, 2.05) is 6.92 Å². The maximum atomic E-state index is 14.4. The molecule has 1 N–H and O–H groups in total. The minimum atomic E-state index is -0.764. The van der Waals surface area contributed by atoms with E-state index in [1.54, 1.807) is 13.0 Å². The molecule has 1 unspecified atom stereocenters. The Morgan fingerprint density at radius 3 is 2.48 bits per heavy atom. The number of benzene rings is 2. The maximum Gasteiger partial charge on any atom is 0.137 e. The molecule has 0 fully saturated rings. The monoisotopic (exact) mass is 357 g/mol. The SMILES string of the molecule is CCNC(c1cccc(F)c1Br)c1c(F)ccc(C)c1F. The first-order valence-electron chi connectivity index (χ1n) is 6.59. The molecule has 0 aliphatic carbocycles. The van der Waals surface area contributed by atoms with Crippen molar-refractivity contribution in [3.63, 3.8) is 0 Å². The van der Waals surface area contributed by atoms with Crippen LogP contribution in [-0.4, -0.2) is 6.54 Å². The predicted molar refractivity (Wildman–Crippen MR) is 80.7 cm³/mol. The largest absolute Gasteiger partial charge is 0.306 e. The maximum absolute atomic E-state index is 14.4. The Bertz CT molecular complexity index is 658. The molecule has 0 aliphatic rings. The molecular weight excluding hydrogens is 343 g/mol. The predicted octanol–water partition coefficient (Wildman–Crippen LogP) is 4.87. The van der Waals surface area contributed by atoms with Gasteiger partial charge in [-0.15, -0.1) is 0 Å². The lowest BCUT2D eigenvalue weighted by Crippen LogP contribution is -2.25. The Balaban J connectivity index is 2.65. The highest BCUT2D eigenvalue weighted by atomic mass is 79.9. The third-order valence-electron chi connectivity index (χ3n) is 3.31. The molecule has 0 radical (unpaired) electrons. The zero-order valence-corrected chi connectivity index (χ0v) is 13.3. The van der Waals surface area contributed by atoms with Crippen LogP contribution < -0.4 is 5.32 Å². The van der Waals surface area contributed by atoms with Crippen LogP contribution >= 0.6 is 15.9 Å². The number of rotatable bonds is 4. The number of hydrogen-bond donors (Lipinski definition) is 1. The van der Waals surface area contributed by atoms with E-state index in [0.29, 0.717) is 17.7 Å². The molecule has 2 aromatic carbocycles. The van der Waals surface area contributed by atoms with E-state index in [1.165, 1.54) is 24.3 Å². The summed E-state index contributed by atoms with van der Waals surface area (Å²) < 4.78 is 42.4. The van der Waals surface area contributed by atoms with E-state index < -0.39 is 23.5 Å². The average molecular weight is 358 g/mol. The molecule has 0 aliphatic heterocycles. The van der Waals surface area contributed by atoms with Crippen LogP contribution in [0.1, 0.15) is 29.7 Å². The smallest absolute Gasteiger partial charge is 0.137 e. The molecule has 0 aromatic heterocycles. The van der Waals surface area contributed by atoms with Gasteiger partial charge in [0, 0.05) is 5.56 Å². The highest BCUT2D eigenvalue weighted by Gasteiger charge is 2.25. The van der Waals surface area contributed by atoms with Crippen LogP contribution in [0.3, 0.4) is 0 Å². The normalized spacial score (nSPS) is 12.5. The first kappa shape index (κ1) is 16.0. The first-order valence-corrected chi connectivity index (χ1v) is 7.38. The van der Waals surface area contributed by atoms with Crippen molar-refractivity contribution in [1.82, 2.24) is 5.32 Å². The average Bonchev–Trinajstić information content (AvgIpc) is 2.45. The molecule has 0 amide bonds. The van der Waals surface area contributed by atoms with Crippen molar-refractivity contribution in [3.05, 3.63) is 68.9 Å².